The van der Waals surface area contributed by atoms with E-state index in [-0.39, 0.29) is 0 Å². The molecule has 14 heavy (non-hydrogen) atoms. The highest BCUT2D eigenvalue weighted by Crippen LogP contribution is 2.11. The third-order valence-corrected chi connectivity index (χ3v) is 2.11. The SMILES string of the molecule is NS(=O)(=O)CN([C]=O)c1ccccc1. The second kappa shape index (κ2) is 4.21. The van der Waals surface area contributed by atoms with Gasteiger partial charge in [-0.05, 0) is 12.1 Å². The van der Waals surface area contributed by atoms with Crippen LogP contribution in [0.25, 0.3) is 0 Å². The summed E-state index contributed by atoms with van der Waals surface area (Å²) in [4.78, 5) is 11.4. The lowest BCUT2D eigenvalue weighted by Gasteiger charge is -2.13. The van der Waals surface area contributed by atoms with Crippen LogP contribution in [-0.4, -0.2) is 20.7 Å². The lowest BCUT2D eigenvalue weighted by molar-refractivity contribution is 0.551. The van der Waals surface area contributed by atoms with Crippen LogP contribution < -0.4 is 10.0 Å². The van der Waals surface area contributed by atoms with Crippen molar-refractivity contribution in [3.05, 3.63) is 30.3 Å². The normalized spacial score (nSPS) is 10.9. The summed E-state index contributed by atoms with van der Waals surface area (Å²) < 4.78 is 21.5. The van der Waals surface area contributed by atoms with Crippen molar-refractivity contribution in [1.82, 2.24) is 0 Å². The van der Waals surface area contributed by atoms with E-state index < -0.39 is 15.9 Å². The first-order valence-corrected chi connectivity index (χ1v) is 5.45. The van der Waals surface area contributed by atoms with E-state index in [9.17, 15) is 13.2 Å². The minimum atomic E-state index is -3.72. The largest absolute Gasteiger partial charge is 0.317 e. The number of hydrogen-bond donors (Lipinski definition) is 1. The van der Waals surface area contributed by atoms with Gasteiger partial charge in [0.1, 0.15) is 5.88 Å². The number of primary sulfonamides is 1. The molecule has 1 aromatic rings. The zero-order valence-corrected chi connectivity index (χ0v) is 8.07. The van der Waals surface area contributed by atoms with Crippen LogP contribution >= 0.6 is 0 Å². The van der Waals surface area contributed by atoms with E-state index in [1.165, 1.54) is 6.41 Å². The van der Waals surface area contributed by atoms with Crippen LogP contribution in [0.15, 0.2) is 30.3 Å². The van der Waals surface area contributed by atoms with Crippen LogP contribution in [0.2, 0.25) is 0 Å². The standard InChI is InChI=1S/C8H9N2O3S/c9-14(12,13)7-10(6-11)8-4-2-1-3-5-8/h1-5H,7H2,(H2,9,12,13). The van der Waals surface area contributed by atoms with Gasteiger partial charge in [0.25, 0.3) is 0 Å². The first kappa shape index (κ1) is 10.7. The number of nitrogens with two attached hydrogens (primary N) is 1. The summed E-state index contributed by atoms with van der Waals surface area (Å²) in [6, 6.07) is 8.31. The molecule has 0 spiro atoms. The highest BCUT2D eigenvalue weighted by molar-refractivity contribution is 7.89. The second-order valence-corrected chi connectivity index (χ2v) is 4.23. The van der Waals surface area contributed by atoms with Crippen molar-refractivity contribution in [2.75, 3.05) is 10.8 Å². The molecule has 0 aliphatic carbocycles. The fraction of sp³-hybridized carbons (Fsp3) is 0.125. The molecule has 0 aliphatic heterocycles. The molecule has 1 radical (unpaired) electrons. The predicted octanol–water partition coefficient (Wildman–Crippen LogP) is -0.194. The van der Waals surface area contributed by atoms with Gasteiger partial charge in [-0.3, -0.25) is 9.69 Å². The number of carbonyl (C=O) groups excluding carboxylic acids is 1. The molecule has 1 rings (SSSR count). The van der Waals surface area contributed by atoms with Gasteiger partial charge in [0.15, 0.2) is 0 Å². The van der Waals surface area contributed by atoms with Gasteiger partial charge in [0, 0.05) is 5.69 Å². The van der Waals surface area contributed by atoms with Crippen LogP contribution in [-0.2, 0) is 14.8 Å². The summed E-state index contributed by atoms with van der Waals surface area (Å²) in [7, 11) is -3.72. The van der Waals surface area contributed by atoms with Gasteiger partial charge in [-0.2, -0.15) is 0 Å². The molecule has 2 N–H and O–H groups in total. The summed E-state index contributed by atoms with van der Waals surface area (Å²) >= 11 is 0. The summed E-state index contributed by atoms with van der Waals surface area (Å²) in [5, 5.41) is 4.80. The topological polar surface area (TPSA) is 80.5 Å². The maximum atomic E-state index is 10.7. The molecule has 0 saturated carbocycles. The molecule has 0 fully saturated rings. The lowest BCUT2D eigenvalue weighted by atomic mass is 10.3. The summed E-state index contributed by atoms with van der Waals surface area (Å²) in [5.41, 5.74) is 0.441. The van der Waals surface area contributed by atoms with Crippen molar-refractivity contribution in [3.8, 4) is 0 Å². The van der Waals surface area contributed by atoms with Crippen LogP contribution in [0.1, 0.15) is 0 Å². The highest BCUT2D eigenvalue weighted by Gasteiger charge is 2.12. The molecule has 75 valence electrons. The second-order valence-electron chi connectivity index (χ2n) is 2.65. The third-order valence-electron chi connectivity index (χ3n) is 1.49. The molecule has 1 amide bonds. The van der Waals surface area contributed by atoms with Crippen molar-refractivity contribution in [3.63, 3.8) is 0 Å². The van der Waals surface area contributed by atoms with Gasteiger partial charge in [0.05, 0.1) is 0 Å². The summed E-state index contributed by atoms with van der Waals surface area (Å²) in [5.74, 6) is -0.569. The Hall–Kier alpha value is -1.40. The number of anilines is 1. The number of sulfonamides is 1. The van der Waals surface area contributed by atoms with E-state index in [0.717, 1.165) is 4.90 Å². The first-order chi connectivity index (χ1) is 6.53. The smallest absolute Gasteiger partial charge is 0.288 e. The Labute approximate surface area is 82.2 Å². The van der Waals surface area contributed by atoms with E-state index in [1.807, 2.05) is 0 Å². The van der Waals surface area contributed by atoms with Crippen LogP contribution in [0, 0.1) is 0 Å². The zero-order chi connectivity index (χ0) is 10.6. The van der Waals surface area contributed by atoms with E-state index in [2.05, 4.69) is 0 Å². The van der Waals surface area contributed by atoms with E-state index in [1.54, 1.807) is 30.3 Å². The summed E-state index contributed by atoms with van der Waals surface area (Å²) in [6.45, 7) is 0. The molecule has 0 saturated heterocycles. The lowest BCUT2D eigenvalue weighted by Crippen LogP contribution is -2.32. The fourth-order valence-corrected chi connectivity index (χ4v) is 1.50. The Balaban J connectivity index is 2.89. The number of amides is 1. The first-order valence-electron chi connectivity index (χ1n) is 3.74. The Morgan fingerprint density at radius 3 is 2.29 bits per heavy atom. The van der Waals surface area contributed by atoms with Gasteiger partial charge in [0.2, 0.25) is 10.0 Å². The van der Waals surface area contributed by atoms with E-state index in [4.69, 9.17) is 5.14 Å². The van der Waals surface area contributed by atoms with E-state index in [0.29, 0.717) is 5.69 Å². The van der Waals surface area contributed by atoms with Crippen LogP contribution in [0.5, 0.6) is 0 Å². The number of para-hydroxylation sites is 1. The zero-order valence-electron chi connectivity index (χ0n) is 7.25. The summed E-state index contributed by atoms with van der Waals surface area (Å²) in [6.07, 6.45) is 1.50. The van der Waals surface area contributed by atoms with Crippen molar-refractivity contribution >= 4 is 22.1 Å². The maximum Gasteiger partial charge on any atom is 0.317 e. The Kier molecular flexibility index (Phi) is 3.21. The number of benzene rings is 1. The maximum absolute atomic E-state index is 10.7. The molecular weight excluding hydrogens is 204 g/mol. The molecule has 0 atom stereocenters. The molecule has 6 heteroatoms. The molecule has 0 aliphatic rings. The molecule has 0 heterocycles. The highest BCUT2D eigenvalue weighted by atomic mass is 32.2. The van der Waals surface area contributed by atoms with Gasteiger partial charge in [-0.15, -0.1) is 0 Å². The number of rotatable bonds is 4. The van der Waals surface area contributed by atoms with Gasteiger partial charge in [-0.25, -0.2) is 13.6 Å². The Bertz CT molecular complexity index is 402. The van der Waals surface area contributed by atoms with Crippen molar-refractivity contribution < 1.29 is 13.2 Å². The van der Waals surface area contributed by atoms with Gasteiger partial charge >= 0.3 is 6.41 Å². The minimum Gasteiger partial charge on any atom is -0.288 e. The molecule has 0 unspecified atom stereocenters. The number of nitrogens with zero attached hydrogens (tertiary/aromatic N) is 1. The fourth-order valence-electron chi connectivity index (χ4n) is 0.941. The third kappa shape index (κ3) is 3.15. The average Bonchev–Trinajstić information content (AvgIpc) is 2.14. The molecule has 5 nitrogen and oxygen atoms in total. The minimum absolute atomic E-state index is 0.441. The Morgan fingerprint density at radius 1 is 1.29 bits per heavy atom. The molecular formula is C8H9N2O3S. The van der Waals surface area contributed by atoms with Crippen molar-refractivity contribution in [2.45, 2.75) is 0 Å². The van der Waals surface area contributed by atoms with Crippen molar-refractivity contribution in [1.29, 1.82) is 0 Å². The van der Waals surface area contributed by atoms with Gasteiger partial charge in [-0.1, -0.05) is 18.2 Å². The van der Waals surface area contributed by atoms with Gasteiger partial charge < -0.3 is 0 Å². The monoisotopic (exact) mass is 213 g/mol. The number of hydrogen-bond acceptors (Lipinski definition) is 3. The van der Waals surface area contributed by atoms with Crippen LogP contribution in [0.3, 0.4) is 0 Å². The Morgan fingerprint density at radius 2 is 1.86 bits per heavy atom. The molecule has 1 aromatic carbocycles. The van der Waals surface area contributed by atoms with Crippen LogP contribution in [0.4, 0.5) is 5.69 Å². The molecule has 0 aromatic heterocycles. The average molecular weight is 213 g/mol. The predicted molar refractivity (Wildman–Crippen MR) is 52.6 cm³/mol. The van der Waals surface area contributed by atoms with E-state index >= 15 is 0 Å². The molecule has 0 bridgehead atoms. The van der Waals surface area contributed by atoms with Crippen molar-refractivity contribution in [2.24, 2.45) is 5.14 Å². The quantitative estimate of drug-likeness (QED) is 0.704.